The van der Waals surface area contributed by atoms with Crippen LogP contribution in [-0.2, 0) is 4.79 Å². The van der Waals surface area contributed by atoms with E-state index in [0.717, 1.165) is 33.9 Å². The predicted molar refractivity (Wildman–Crippen MR) is 122 cm³/mol. The summed E-state index contributed by atoms with van der Waals surface area (Å²) in [6.45, 7) is 8.92. The van der Waals surface area contributed by atoms with E-state index in [1.807, 2.05) is 31.2 Å². The van der Waals surface area contributed by atoms with E-state index in [2.05, 4.69) is 49.3 Å². The second kappa shape index (κ2) is 9.52. The number of anilines is 1. The summed E-state index contributed by atoms with van der Waals surface area (Å²) in [5, 5.41) is 3.47. The summed E-state index contributed by atoms with van der Waals surface area (Å²) in [7, 11) is 0. The van der Waals surface area contributed by atoms with Crippen LogP contribution >= 0.6 is 11.3 Å². The molecule has 0 spiro atoms. The number of benzene rings is 2. The second-order valence-electron chi connectivity index (χ2n) is 6.93. The quantitative estimate of drug-likeness (QED) is 0.477. The highest BCUT2D eigenvalue weighted by atomic mass is 32.1. The van der Waals surface area contributed by atoms with Crippen molar-refractivity contribution in [1.82, 2.24) is 4.98 Å². The summed E-state index contributed by atoms with van der Waals surface area (Å²) < 4.78 is 5.73. The molecule has 150 valence electrons. The molecule has 0 aliphatic heterocycles. The average Bonchev–Trinajstić information content (AvgIpc) is 3.07. The minimum absolute atomic E-state index is 0.212. The molecule has 1 aromatic heterocycles. The fraction of sp³-hybridized carbons (Fsp3) is 0.250. The molecule has 0 saturated heterocycles. The standard InChI is InChI=1S/C24H26N2O2S/c1-5-14-28-21-9-7-6-8-19(21)12-13-22(27)25-24-26-23(18(4)29-24)20-11-10-16(2)17(3)15-20/h6-13,15H,5,14H2,1-4H3,(H,25,26,27)/b13-12+. The van der Waals surface area contributed by atoms with Gasteiger partial charge in [-0.05, 0) is 56.5 Å². The first-order chi connectivity index (χ1) is 14.0. The maximum atomic E-state index is 12.4. The van der Waals surface area contributed by atoms with E-state index in [4.69, 9.17) is 4.74 Å². The average molecular weight is 407 g/mol. The van der Waals surface area contributed by atoms with E-state index in [9.17, 15) is 4.79 Å². The Hall–Kier alpha value is -2.92. The van der Waals surface area contributed by atoms with Gasteiger partial charge in [0.15, 0.2) is 5.13 Å². The lowest BCUT2D eigenvalue weighted by Gasteiger charge is -2.07. The summed E-state index contributed by atoms with van der Waals surface area (Å²) in [6.07, 6.45) is 4.22. The Bertz CT molecular complexity index is 1040. The zero-order valence-electron chi connectivity index (χ0n) is 17.3. The van der Waals surface area contributed by atoms with Gasteiger partial charge in [-0.25, -0.2) is 4.98 Å². The highest BCUT2D eigenvalue weighted by Crippen LogP contribution is 2.31. The van der Waals surface area contributed by atoms with Gasteiger partial charge < -0.3 is 4.74 Å². The number of hydrogen-bond donors (Lipinski definition) is 1. The maximum absolute atomic E-state index is 12.4. The molecule has 0 fully saturated rings. The number of nitrogens with one attached hydrogen (secondary N) is 1. The third kappa shape index (κ3) is 5.33. The molecular weight excluding hydrogens is 380 g/mol. The SMILES string of the molecule is CCCOc1ccccc1/C=C/C(=O)Nc1nc(-c2ccc(C)c(C)c2)c(C)s1. The number of carbonyl (C=O) groups is 1. The fourth-order valence-electron chi connectivity index (χ4n) is 2.88. The van der Waals surface area contributed by atoms with Crippen molar-refractivity contribution in [3.63, 3.8) is 0 Å². The minimum Gasteiger partial charge on any atom is -0.493 e. The molecule has 1 amide bonds. The fourth-order valence-corrected chi connectivity index (χ4v) is 3.72. The molecule has 0 atom stereocenters. The topological polar surface area (TPSA) is 51.2 Å². The highest BCUT2D eigenvalue weighted by Gasteiger charge is 2.12. The first-order valence-electron chi connectivity index (χ1n) is 9.74. The molecule has 0 aliphatic carbocycles. The number of nitrogens with zero attached hydrogens (tertiary/aromatic N) is 1. The Balaban J connectivity index is 1.72. The van der Waals surface area contributed by atoms with Gasteiger partial charge in [-0.3, -0.25) is 10.1 Å². The monoisotopic (exact) mass is 406 g/mol. The Labute approximate surface area is 176 Å². The number of aryl methyl sites for hydroxylation is 3. The molecular formula is C24H26N2O2S. The summed E-state index contributed by atoms with van der Waals surface area (Å²) >= 11 is 1.48. The molecule has 0 bridgehead atoms. The van der Waals surface area contributed by atoms with Crippen molar-refractivity contribution in [2.75, 3.05) is 11.9 Å². The van der Waals surface area contributed by atoms with E-state index in [1.165, 1.54) is 28.5 Å². The molecule has 0 saturated carbocycles. The third-order valence-corrected chi connectivity index (χ3v) is 5.49. The van der Waals surface area contributed by atoms with Crippen molar-refractivity contribution in [3.8, 4) is 17.0 Å². The highest BCUT2D eigenvalue weighted by molar-refractivity contribution is 7.16. The molecule has 29 heavy (non-hydrogen) atoms. The van der Waals surface area contributed by atoms with Gasteiger partial charge in [-0.15, -0.1) is 11.3 Å². The lowest BCUT2D eigenvalue weighted by molar-refractivity contribution is -0.111. The van der Waals surface area contributed by atoms with Crippen LogP contribution < -0.4 is 10.1 Å². The van der Waals surface area contributed by atoms with Gasteiger partial charge in [0.25, 0.3) is 0 Å². The van der Waals surface area contributed by atoms with Crippen LogP contribution in [0.3, 0.4) is 0 Å². The van der Waals surface area contributed by atoms with Crippen LogP contribution in [0.2, 0.25) is 0 Å². The molecule has 2 aromatic carbocycles. The van der Waals surface area contributed by atoms with Crippen molar-refractivity contribution in [2.24, 2.45) is 0 Å². The largest absolute Gasteiger partial charge is 0.493 e. The number of para-hydroxylation sites is 1. The predicted octanol–water partition coefficient (Wildman–Crippen LogP) is 6.18. The Morgan fingerprint density at radius 1 is 1.14 bits per heavy atom. The molecule has 0 radical (unpaired) electrons. The van der Waals surface area contributed by atoms with Gasteiger partial charge in [-0.1, -0.05) is 37.3 Å². The lowest BCUT2D eigenvalue weighted by Crippen LogP contribution is -2.07. The van der Waals surface area contributed by atoms with Gasteiger partial charge in [0.1, 0.15) is 5.75 Å². The summed E-state index contributed by atoms with van der Waals surface area (Å²) in [6, 6.07) is 14.0. The van der Waals surface area contributed by atoms with E-state index >= 15 is 0 Å². The van der Waals surface area contributed by atoms with Crippen LogP contribution in [0, 0.1) is 20.8 Å². The molecule has 4 nitrogen and oxygen atoms in total. The van der Waals surface area contributed by atoms with Crippen molar-refractivity contribution in [2.45, 2.75) is 34.1 Å². The molecule has 0 unspecified atom stereocenters. The van der Waals surface area contributed by atoms with Gasteiger partial charge in [-0.2, -0.15) is 0 Å². The Kier molecular flexibility index (Phi) is 6.83. The number of thiazole rings is 1. The Morgan fingerprint density at radius 2 is 1.93 bits per heavy atom. The molecule has 3 rings (SSSR count). The van der Waals surface area contributed by atoms with E-state index < -0.39 is 0 Å². The smallest absolute Gasteiger partial charge is 0.250 e. The van der Waals surface area contributed by atoms with Crippen molar-refractivity contribution in [3.05, 3.63) is 70.1 Å². The minimum atomic E-state index is -0.212. The van der Waals surface area contributed by atoms with Crippen molar-refractivity contribution < 1.29 is 9.53 Å². The number of ether oxygens (including phenoxy) is 1. The molecule has 5 heteroatoms. The second-order valence-corrected chi connectivity index (χ2v) is 8.13. The van der Waals surface area contributed by atoms with Crippen LogP contribution in [0.4, 0.5) is 5.13 Å². The van der Waals surface area contributed by atoms with E-state index in [-0.39, 0.29) is 5.91 Å². The normalized spacial score (nSPS) is 11.0. The van der Waals surface area contributed by atoms with Crippen LogP contribution in [-0.4, -0.2) is 17.5 Å². The third-order valence-electron chi connectivity index (χ3n) is 4.60. The zero-order valence-corrected chi connectivity index (χ0v) is 18.1. The van der Waals surface area contributed by atoms with Crippen LogP contribution in [0.1, 0.15) is 34.9 Å². The zero-order chi connectivity index (χ0) is 20.8. The van der Waals surface area contributed by atoms with Gasteiger partial charge in [0, 0.05) is 22.1 Å². The van der Waals surface area contributed by atoms with Crippen LogP contribution in [0.15, 0.2) is 48.5 Å². The number of rotatable bonds is 7. The number of amides is 1. The Morgan fingerprint density at radius 3 is 2.69 bits per heavy atom. The first kappa shape index (κ1) is 20.8. The van der Waals surface area contributed by atoms with Crippen LogP contribution in [0.5, 0.6) is 5.75 Å². The van der Waals surface area contributed by atoms with Crippen molar-refractivity contribution >= 4 is 28.5 Å². The van der Waals surface area contributed by atoms with E-state index in [1.54, 1.807) is 6.08 Å². The van der Waals surface area contributed by atoms with E-state index in [0.29, 0.717) is 11.7 Å². The first-order valence-corrected chi connectivity index (χ1v) is 10.6. The lowest BCUT2D eigenvalue weighted by atomic mass is 10.0. The van der Waals surface area contributed by atoms with Crippen LogP contribution in [0.25, 0.3) is 17.3 Å². The molecule has 1 N–H and O–H groups in total. The molecule has 3 aromatic rings. The van der Waals surface area contributed by atoms with Gasteiger partial charge in [0.05, 0.1) is 12.3 Å². The molecule has 0 aliphatic rings. The van der Waals surface area contributed by atoms with Crippen molar-refractivity contribution in [1.29, 1.82) is 0 Å². The number of aromatic nitrogens is 1. The number of hydrogen-bond acceptors (Lipinski definition) is 4. The summed E-state index contributed by atoms with van der Waals surface area (Å²) in [4.78, 5) is 18.1. The van der Waals surface area contributed by atoms with Gasteiger partial charge >= 0.3 is 0 Å². The summed E-state index contributed by atoms with van der Waals surface area (Å²) in [5.74, 6) is 0.566. The molecule has 1 heterocycles. The summed E-state index contributed by atoms with van der Waals surface area (Å²) in [5.41, 5.74) is 5.34. The van der Waals surface area contributed by atoms with Gasteiger partial charge in [0.2, 0.25) is 5.91 Å². The number of carbonyl (C=O) groups excluding carboxylic acids is 1. The maximum Gasteiger partial charge on any atom is 0.250 e.